The van der Waals surface area contributed by atoms with Gasteiger partial charge in [0.1, 0.15) is 17.7 Å². The van der Waals surface area contributed by atoms with Gasteiger partial charge in [-0.15, -0.1) is 0 Å². The van der Waals surface area contributed by atoms with Crippen LogP contribution in [-0.4, -0.2) is 50.2 Å². The molecule has 194 valence electrons. The number of aromatic nitrogens is 7. The Kier molecular flexibility index (Phi) is 6.98. The zero-order valence-corrected chi connectivity index (χ0v) is 20.7. The maximum absolute atomic E-state index is 13.1. The first kappa shape index (κ1) is 25.0. The van der Waals surface area contributed by atoms with Gasteiger partial charge in [0.05, 0.1) is 29.7 Å². The Labute approximate surface area is 211 Å². The van der Waals surface area contributed by atoms with E-state index in [1.54, 1.807) is 18.6 Å². The van der Waals surface area contributed by atoms with Gasteiger partial charge in [-0.1, -0.05) is 6.92 Å². The minimum Gasteiger partial charge on any atom is -0.444 e. The second kappa shape index (κ2) is 10.3. The predicted molar refractivity (Wildman–Crippen MR) is 129 cm³/mol. The molecule has 14 nitrogen and oxygen atoms in total. The Morgan fingerprint density at radius 1 is 1.22 bits per heavy atom. The fourth-order valence-electron chi connectivity index (χ4n) is 4.16. The first-order chi connectivity index (χ1) is 17.7. The molecule has 5 rings (SSSR count). The molecule has 37 heavy (non-hydrogen) atoms. The van der Waals surface area contributed by atoms with Crippen LogP contribution in [0.3, 0.4) is 0 Å². The highest BCUT2D eigenvalue weighted by Crippen LogP contribution is 2.36. The normalized spacial score (nSPS) is 18.1. The lowest BCUT2D eigenvalue weighted by molar-refractivity contribution is 0.102. The molecule has 0 atom stereocenters. The van der Waals surface area contributed by atoms with Crippen LogP contribution < -0.4 is 5.32 Å². The zero-order chi connectivity index (χ0) is 26.0. The third kappa shape index (κ3) is 6.00. The van der Waals surface area contributed by atoms with Gasteiger partial charge in [0, 0.05) is 24.8 Å². The number of hydrogen-bond acceptors (Lipinski definition) is 9. The van der Waals surface area contributed by atoms with Crippen LogP contribution in [0, 0.1) is 5.92 Å². The minimum absolute atomic E-state index is 0.0264. The summed E-state index contributed by atoms with van der Waals surface area (Å²) in [7, 11) is -4.64. The lowest BCUT2D eigenvalue weighted by Gasteiger charge is -2.26. The molecule has 0 saturated heterocycles. The van der Waals surface area contributed by atoms with Gasteiger partial charge < -0.3 is 19.5 Å². The van der Waals surface area contributed by atoms with E-state index in [1.165, 1.54) is 18.7 Å². The Morgan fingerprint density at radius 3 is 2.76 bits per heavy atom. The van der Waals surface area contributed by atoms with Crippen molar-refractivity contribution in [3.63, 3.8) is 0 Å². The van der Waals surface area contributed by atoms with Crippen molar-refractivity contribution in [2.24, 2.45) is 5.92 Å². The quantitative estimate of drug-likeness (QED) is 0.285. The largest absolute Gasteiger partial charge is 0.471 e. The molecular formula is C22H25N8O6P. The van der Waals surface area contributed by atoms with Gasteiger partial charge in [-0.2, -0.15) is 10.2 Å². The molecular weight excluding hydrogens is 503 g/mol. The third-order valence-electron chi connectivity index (χ3n) is 6.12. The number of nitrogens with one attached hydrogen (secondary N) is 1. The van der Waals surface area contributed by atoms with E-state index < -0.39 is 20.5 Å². The Bertz CT molecular complexity index is 1420. The van der Waals surface area contributed by atoms with E-state index in [2.05, 4.69) is 36.8 Å². The molecule has 0 bridgehead atoms. The molecule has 1 saturated carbocycles. The molecule has 0 radical (unpaired) electrons. The van der Waals surface area contributed by atoms with Gasteiger partial charge in [0.2, 0.25) is 5.89 Å². The van der Waals surface area contributed by atoms with Gasteiger partial charge in [0.25, 0.3) is 5.91 Å². The van der Waals surface area contributed by atoms with Crippen LogP contribution in [0.15, 0.2) is 47.9 Å². The molecule has 1 aliphatic carbocycles. The van der Waals surface area contributed by atoms with E-state index in [-0.39, 0.29) is 17.6 Å². The number of amides is 1. The highest BCUT2D eigenvalue weighted by Gasteiger charge is 2.24. The third-order valence-corrected chi connectivity index (χ3v) is 6.57. The number of rotatable bonds is 8. The van der Waals surface area contributed by atoms with Gasteiger partial charge in [-0.05, 0) is 31.6 Å². The van der Waals surface area contributed by atoms with Gasteiger partial charge in [-0.25, -0.2) is 14.2 Å². The van der Waals surface area contributed by atoms with E-state index in [4.69, 9.17) is 19.3 Å². The molecule has 4 aromatic heterocycles. The number of oxazole rings is 1. The van der Waals surface area contributed by atoms with Crippen LogP contribution in [0.2, 0.25) is 0 Å². The highest BCUT2D eigenvalue weighted by molar-refractivity contribution is 7.46. The van der Waals surface area contributed by atoms with Crippen LogP contribution in [0.1, 0.15) is 49.1 Å². The molecule has 0 aromatic carbocycles. The number of carbonyl (C=O) groups excluding carboxylic acids is 1. The maximum Gasteiger partial charge on any atom is 0.471 e. The number of phosphoric acid groups is 1. The number of hydrogen-bond donors (Lipinski definition) is 3. The molecule has 0 spiro atoms. The average Bonchev–Trinajstić information content (AvgIpc) is 3.63. The molecule has 4 heterocycles. The van der Waals surface area contributed by atoms with Crippen LogP contribution in [-0.2, 0) is 15.8 Å². The number of phosphoric ester groups is 1. The van der Waals surface area contributed by atoms with Crippen molar-refractivity contribution in [1.82, 2.24) is 34.5 Å². The fourth-order valence-corrected chi connectivity index (χ4v) is 4.43. The molecule has 3 N–H and O–H groups in total. The molecule has 1 aliphatic rings. The van der Waals surface area contributed by atoms with E-state index in [1.807, 2.05) is 10.9 Å². The van der Waals surface area contributed by atoms with Crippen molar-refractivity contribution in [1.29, 1.82) is 0 Å². The summed E-state index contributed by atoms with van der Waals surface area (Å²) in [6, 6.07) is 0.238. The molecule has 0 aliphatic heterocycles. The molecule has 1 amide bonds. The van der Waals surface area contributed by atoms with Crippen molar-refractivity contribution >= 4 is 19.4 Å². The Balaban J connectivity index is 1.34. The maximum atomic E-state index is 13.1. The smallest absolute Gasteiger partial charge is 0.444 e. The summed E-state index contributed by atoms with van der Waals surface area (Å²) in [5, 5.41) is 11.5. The lowest BCUT2D eigenvalue weighted by atomic mass is 9.87. The van der Waals surface area contributed by atoms with Crippen LogP contribution in [0.25, 0.3) is 22.8 Å². The highest BCUT2D eigenvalue weighted by atomic mass is 31.2. The van der Waals surface area contributed by atoms with Crippen LogP contribution in [0.4, 0.5) is 5.69 Å². The minimum atomic E-state index is -4.64. The van der Waals surface area contributed by atoms with Crippen molar-refractivity contribution in [2.75, 3.05) is 5.32 Å². The molecule has 0 unspecified atom stereocenters. The second-order valence-corrected chi connectivity index (χ2v) is 10.1. The number of nitrogens with zero attached hydrogens (tertiary/aromatic N) is 7. The Hall–Kier alpha value is -3.71. The predicted octanol–water partition coefficient (Wildman–Crippen LogP) is 3.26. The summed E-state index contributed by atoms with van der Waals surface area (Å²) in [4.78, 5) is 43.4. The summed E-state index contributed by atoms with van der Waals surface area (Å²) < 4.78 is 23.8. The first-order valence-corrected chi connectivity index (χ1v) is 13.1. The molecule has 4 aromatic rings. The fraction of sp³-hybridized carbons (Fsp3) is 0.364. The summed E-state index contributed by atoms with van der Waals surface area (Å²) in [6.07, 6.45) is 14.8. The topological polar surface area (TPSA) is 183 Å². The second-order valence-electron chi connectivity index (χ2n) is 8.89. The van der Waals surface area contributed by atoms with Crippen molar-refractivity contribution < 1.29 is 28.1 Å². The summed E-state index contributed by atoms with van der Waals surface area (Å²) in [6.45, 7) is 1.79. The summed E-state index contributed by atoms with van der Waals surface area (Å²) >= 11 is 0. The van der Waals surface area contributed by atoms with E-state index in [9.17, 15) is 9.36 Å². The summed E-state index contributed by atoms with van der Waals surface area (Å²) in [5.41, 5.74) is 1.95. The van der Waals surface area contributed by atoms with Gasteiger partial charge in [-0.3, -0.25) is 24.0 Å². The van der Waals surface area contributed by atoms with Crippen molar-refractivity contribution in [2.45, 2.75) is 45.4 Å². The van der Waals surface area contributed by atoms with Gasteiger partial charge >= 0.3 is 7.82 Å². The van der Waals surface area contributed by atoms with E-state index in [0.29, 0.717) is 28.6 Å². The SMILES string of the molecule is C[C@H]1CC[C@H](n2cc(NC(=O)c3coc(-c4cnn(COP(=O)(O)O)c4)n3)c(-c3cnccn3)n2)CC1. The van der Waals surface area contributed by atoms with Crippen LogP contribution in [0.5, 0.6) is 0 Å². The number of anilines is 1. The van der Waals surface area contributed by atoms with Crippen molar-refractivity contribution in [3.05, 3.63) is 49.1 Å². The van der Waals surface area contributed by atoms with Gasteiger partial charge in [0.15, 0.2) is 12.4 Å². The van der Waals surface area contributed by atoms with E-state index in [0.717, 1.165) is 30.4 Å². The van der Waals surface area contributed by atoms with Crippen molar-refractivity contribution in [3.8, 4) is 22.8 Å². The average molecular weight is 528 g/mol. The van der Waals surface area contributed by atoms with Crippen LogP contribution >= 0.6 is 7.82 Å². The Morgan fingerprint density at radius 2 is 2.03 bits per heavy atom. The standard InChI is InChI=1S/C22H25N8O6P/c1-14-2-4-16(5-3-14)30-11-18(20(28-30)17-9-23-6-7-24-17)26-21(31)19-12-35-22(27-19)15-8-25-29(10-15)13-36-37(32,33)34/h6-12,14,16H,2-5,13H2,1H3,(H,26,31)(H2,32,33,34)/t14-,16-. The molecule has 1 fully saturated rings. The van der Waals surface area contributed by atoms with E-state index >= 15 is 0 Å². The summed E-state index contributed by atoms with van der Waals surface area (Å²) in [5.74, 6) is 0.292. The lowest BCUT2D eigenvalue weighted by Crippen LogP contribution is -2.17. The zero-order valence-electron chi connectivity index (χ0n) is 19.8. The molecule has 15 heteroatoms. The first-order valence-electron chi connectivity index (χ1n) is 11.6. The number of carbonyl (C=O) groups is 1. The monoisotopic (exact) mass is 528 g/mol.